The Balaban J connectivity index is 2.48. The van der Waals surface area contributed by atoms with Crippen molar-refractivity contribution in [2.24, 2.45) is 0 Å². The average Bonchev–Trinajstić information content (AvgIpc) is 2.07. The summed E-state index contributed by atoms with van der Waals surface area (Å²) in [5.74, 6) is 0. The van der Waals surface area contributed by atoms with E-state index < -0.39 is 5.60 Å². The summed E-state index contributed by atoms with van der Waals surface area (Å²) < 4.78 is 0. The van der Waals surface area contributed by atoms with E-state index in [-0.39, 0.29) is 0 Å². The molecule has 0 spiro atoms. The molecule has 0 atom stereocenters. The summed E-state index contributed by atoms with van der Waals surface area (Å²) in [6, 6.07) is 3.97. The van der Waals surface area contributed by atoms with Crippen molar-refractivity contribution in [2.75, 3.05) is 0 Å². The first-order chi connectivity index (χ1) is 6.53. The Morgan fingerprint density at radius 2 is 1.86 bits per heavy atom. The van der Waals surface area contributed by atoms with Crippen molar-refractivity contribution in [1.82, 2.24) is 0 Å². The van der Waals surface area contributed by atoms with Crippen molar-refractivity contribution in [1.29, 1.82) is 0 Å². The molecule has 0 heterocycles. The molecule has 1 nitrogen and oxygen atoms in total. The smallest absolute Gasteiger partial charge is 0.0899 e. The topological polar surface area (TPSA) is 20.2 Å². The van der Waals surface area contributed by atoms with Crippen molar-refractivity contribution < 1.29 is 5.11 Å². The first-order valence-electron chi connectivity index (χ1n) is 5.02. The average molecular weight is 211 g/mol. The van der Waals surface area contributed by atoms with Crippen LogP contribution in [0, 0.1) is 13.8 Å². The minimum Gasteiger partial charge on any atom is -0.385 e. The molecule has 1 N–H and O–H groups in total. The zero-order valence-corrected chi connectivity index (χ0v) is 9.36. The summed E-state index contributed by atoms with van der Waals surface area (Å²) in [7, 11) is 0. The molecule has 76 valence electrons. The molecule has 0 saturated heterocycles. The molecule has 1 aromatic carbocycles. The van der Waals surface area contributed by atoms with E-state index in [9.17, 15) is 5.11 Å². The largest absolute Gasteiger partial charge is 0.385 e. The highest BCUT2D eigenvalue weighted by Gasteiger charge is 2.37. The second-order valence-corrected chi connectivity index (χ2v) is 4.71. The minimum absolute atomic E-state index is 0.570. The summed E-state index contributed by atoms with van der Waals surface area (Å²) in [6.07, 6.45) is 2.89. The number of hydrogen-bond acceptors (Lipinski definition) is 1. The van der Waals surface area contributed by atoms with Crippen molar-refractivity contribution in [3.05, 3.63) is 33.8 Å². The Kier molecular flexibility index (Phi) is 2.32. The Bertz CT molecular complexity index is 367. The third kappa shape index (κ3) is 1.45. The van der Waals surface area contributed by atoms with E-state index in [2.05, 4.69) is 0 Å². The van der Waals surface area contributed by atoms with Gasteiger partial charge in [0.15, 0.2) is 0 Å². The monoisotopic (exact) mass is 210 g/mol. The van der Waals surface area contributed by atoms with Crippen LogP contribution in [-0.2, 0) is 5.60 Å². The van der Waals surface area contributed by atoms with Crippen molar-refractivity contribution in [2.45, 2.75) is 38.7 Å². The van der Waals surface area contributed by atoms with E-state index in [1.54, 1.807) is 0 Å². The van der Waals surface area contributed by atoms with E-state index >= 15 is 0 Å². The third-order valence-corrected chi connectivity index (χ3v) is 3.59. The third-order valence-electron chi connectivity index (χ3n) is 3.19. The van der Waals surface area contributed by atoms with Crippen LogP contribution < -0.4 is 0 Å². The van der Waals surface area contributed by atoms with Gasteiger partial charge in [0, 0.05) is 5.02 Å². The molecule has 1 fully saturated rings. The highest BCUT2D eigenvalue weighted by atomic mass is 35.5. The highest BCUT2D eigenvalue weighted by molar-refractivity contribution is 6.31. The number of aryl methyl sites for hydroxylation is 2. The summed E-state index contributed by atoms with van der Waals surface area (Å²) >= 11 is 6.02. The van der Waals surface area contributed by atoms with Crippen LogP contribution in [0.4, 0.5) is 0 Å². The predicted octanol–water partition coefficient (Wildman–Crippen LogP) is 3.33. The lowest BCUT2D eigenvalue weighted by Crippen LogP contribution is -2.34. The maximum Gasteiger partial charge on any atom is 0.0899 e. The van der Waals surface area contributed by atoms with Crippen LogP contribution in [-0.4, -0.2) is 5.11 Å². The van der Waals surface area contributed by atoms with Gasteiger partial charge in [0.25, 0.3) is 0 Å². The molecule has 2 heteroatoms. The molecule has 1 aliphatic rings. The van der Waals surface area contributed by atoms with Crippen molar-refractivity contribution in [3.8, 4) is 0 Å². The van der Waals surface area contributed by atoms with Gasteiger partial charge < -0.3 is 5.11 Å². The van der Waals surface area contributed by atoms with Crippen LogP contribution in [0.5, 0.6) is 0 Å². The van der Waals surface area contributed by atoms with Crippen LogP contribution in [0.25, 0.3) is 0 Å². The van der Waals surface area contributed by atoms with Gasteiger partial charge in [-0.1, -0.05) is 17.7 Å². The Morgan fingerprint density at radius 3 is 2.36 bits per heavy atom. The molecule has 1 saturated carbocycles. The van der Waals surface area contributed by atoms with Gasteiger partial charge in [-0.05, 0) is 55.9 Å². The first-order valence-corrected chi connectivity index (χ1v) is 5.40. The van der Waals surface area contributed by atoms with Crippen LogP contribution in [0.3, 0.4) is 0 Å². The summed E-state index contributed by atoms with van der Waals surface area (Å²) in [4.78, 5) is 0. The molecular formula is C12H15ClO. The van der Waals surface area contributed by atoms with Crippen LogP contribution in [0.2, 0.25) is 5.02 Å². The molecule has 2 rings (SSSR count). The Labute approximate surface area is 89.7 Å². The Hall–Kier alpha value is -0.530. The maximum absolute atomic E-state index is 10.2. The van der Waals surface area contributed by atoms with E-state index in [0.717, 1.165) is 41.0 Å². The molecule has 0 bridgehead atoms. The summed E-state index contributed by atoms with van der Waals surface area (Å²) in [6.45, 7) is 3.99. The highest BCUT2D eigenvalue weighted by Crippen LogP contribution is 2.43. The molecule has 0 radical (unpaired) electrons. The van der Waals surface area contributed by atoms with Gasteiger partial charge in [0.1, 0.15) is 0 Å². The molecule has 0 amide bonds. The first kappa shape index (κ1) is 10.0. The number of aliphatic hydroxyl groups is 1. The fourth-order valence-corrected chi connectivity index (χ4v) is 2.28. The van der Waals surface area contributed by atoms with Crippen LogP contribution in [0.1, 0.15) is 36.0 Å². The van der Waals surface area contributed by atoms with Crippen LogP contribution in [0.15, 0.2) is 12.1 Å². The molecule has 14 heavy (non-hydrogen) atoms. The van der Waals surface area contributed by atoms with Crippen LogP contribution >= 0.6 is 11.6 Å². The second kappa shape index (κ2) is 3.25. The Morgan fingerprint density at radius 1 is 1.21 bits per heavy atom. The summed E-state index contributed by atoms with van der Waals surface area (Å²) in [5.41, 5.74) is 2.64. The fourth-order valence-electron chi connectivity index (χ4n) is 2.06. The van der Waals surface area contributed by atoms with Crippen molar-refractivity contribution >= 4 is 11.6 Å². The van der Waals surface area contributed by atoms with Gasteiger partial charge in [0.2, 0.25) is 0 Å². The second-order valence-electron chi connectivity index (χ2n) is 4.30. The molecule has 1 aliphatic carbocycles. The fraction of sp³-hybridized carbons (Fsp3) is 0.500. The number of halogens is 1. The number of rotatable bonds is 1. The lowest BCUT2D eigenvalue weighted by Gasteiger charge is -2.38. The lowest BCUT2D eigenvalue weighted by atomic mass is 9.73. The molecule has 0 unspecified atom stereocenters. The quantitative estimate of drug-likeness (QED) is 0.754. The SMILES string of the molecule is Cc1cc(C2(O)CCC2)c(C)cc1Cl. The molecule has 0 aliphatic heterocycles. The van der Waals surface area contributed by atoms with Crippen molar-refractivity contribution in [3.63, 3.8) is 0 Å². The van der Waals surface area contributed by atoms with Gasteiger partial charge in [-0.15, -0.1) is 0 Å². The lowest BCUT2D eigenvalue weighted by molar-refractivity contribution is -0.0393. The van der Waals surface area contributed by atoms with E-state index in [0.29, 0.717) is 0 Å². The maximum atomic E-state index is 10.2. The normalized spacial score (nSPS) is 19.1. The zero-order valence-electron chi connectivity index (χ0n) is 8.60. The minimum atomic E-state index is -0.570. The van der Waals surface area contributed by atoms with Gasteiger partial charge in [0.05, 0.1) is 5.60 Å². The molecular weight excluding hydrogens is 196 g/mol. The predicted molar refractivity (Wildman–Crippen MR) is 58.7 cm³/mol. The van der Waals surface area contributed by atoms with E-state index in [1.807, 2.05) is 26.0 Å². The van der Waals surface area contributed by atoms with Gasteiger partial charge in [-0.3, -0.25) is 0 Å². The van der Waals surface area contributed by atoms with E-state index in [1.165, 1.54) is 0 Å². The standard InChI is InChI=1S/C12H15ClO/c1-8-7-11(13)9(2)6-10(8)12(14)4-3-5-12/h6-7,14H,3-5H2,1-2H3. The summed E-state index contributed by atoms with van der Waals surface area (Å²) in [5, 5.41) is 11.0. The zero-order chi connectivity index (χ0) is 10.3. The number of hydrogen-bond donors (Lipinski definition) is 1. The molecule has 0 aromatic heterocycles. The molecule has 1 aromatic rings. The number of benzene rings is 1. The van der Waals surface area contributed by atoms with Gasteiger partial charge in [-0.2, -0.15) is 0 Å². The van der Waals surface area contributed by atoms with E-state index in [4.69, 9.17) is 11.6 Å². The van der Waals surface area contributed by atoms with Gasteiger partial charge in [-0.25, -0.2) is 0 Å². The van der Waals surface area contributed by atoms with Gasteiger partial charge >= 0.3 is 0 Å².